The number of hydrogen-bond donors (Lipinski definition) is 2. The fourth-order valence-corrected chi connectivity index (χ4v) is 0.527. The Labute approximate surface area is 56.3 Å². The SMILES string of the molecule is COc1[nH]c(=O)ncc1O. The molecular formula is C5H6N2O3. The third-order valence-corrected chi connectivity index (χ3v) is 0.961. The molecule has 0 aliphatic rings. The van der Waals surface area contributed by atoms with Crippen LogP contribution in [0.5, 0.6) is 11.6 Å². The fourth-order valence-electron chi connectivity index (χ4n) is 0.527. The summed E-state index contributed by atoms with van der Waals surface area (Å²) in [5.41, 5.74) is -0.547. The quantitative estimate of drug-likeness (QED) is 0.553. The first-order chi connectivity index (χ1) is 4.74. The maximum absolute atomic E-state index is 10.4. The van der Waals surface area contributed by atoms with Gasteiger partial charge in [0, 0.05) is 0 Å². The minimum Gasteiger partial charge on any atom is -0.502 e. The average molecular weight is 142 g/mol. The highest BCUT2D eigenvalue weighted by Gasteiger charge is 1.99. The van der Waals surface area contributed by atoms with Gasteiger partial charge < -0.3 is 9.84 Å². The van der Waals surface area contributed by atoms with Gasteiger partial charge in [0.15, 0.2) is 5.75 Å². The van der Waals surface area contributed by atoms with E-state index in [0.29, 0.717) is 0 Å². The van der Waals surface area contributed by atoms with Crippen LogP contribution in [-0.4, -0.2) is 22.2 Å². The molecule has 0 aliphatic heterocycles. The number of aromatic nitrogens is 2. The lowest BCUT2D eigenvalue weighted by molar-refractivity contribution is 0.355. The molecule has 0 aromatic carbocycles. The topological polar surface area (TPSA) is 75.2 Å². The molecular weight excluding hydrogens is 136 g/mol. The van der Waals surface area contributed by atoms with Crippen LogP contribution in [0.25, 0.3) is 0 Å². The molecule has 5 heteroatoms. The first-order valence-corrected chi connectivity index (χ1v) is 2.56. The summed E-state index contributed by atoms with van der Waals surface area (Å²) < 4.78 is 4.58. The molecule has 1 rings (SSSR count). The van der Waals surface area contributed by atoms with Crippen molar-refractivity contribution in [2.24, 2.45) is 0 Å². The largest absolute Gasteiger partial charge is 0.502 e. The number of rotatable bonds is 1. The van der Waals surface area contributed by atoms with Gasteiger partial charge in [-0.1, -0.05) is 0 Å². The second kappa shape index (κ2) is 2.38. The Kier molecular flexibility index (Phi) is 1.57. The summed E-state index contributed by atoms with van der Waals surface area (Å²) in [6.45, 7) is 0. The number of nitrogens with one attached hydrogen (secondary N) is 1. The first-order valence-electron chi connectivity index (χ1n) is 2.56. The van der Waals surface area contributed by atoms with Crippen molar-refractivity contribution < 1.29 is 9.84 Å². The Morgan fingerprint density at radius 3 is 3.00 bits per heavy atom. The van der Waals surface area contributed by atoms with Crippen LogP contribution in [0.3, 0.4) is 0 Å². The van der Waals surface area contributed by atoms with Crippen LogP contribution in [0, 0.1) is 0 Å². The molecule has 54 valence electrons. The summed E-state index contributed by atoms with van der Waals surface area (Å²) in [6.07, 6.45) is 1.03. The summed E-state index contributed by atoms with van der Waals surface area (Å²) in [4.78, 5) is 15.9. The summed E-state index contributed by atoms with van der Waals surface area (Å²) in [5, 5.41) is 8.88. The molecule has 0 radical (unpaired) electrons. The van der Waals surface area contributed by atoms with E-state index < -0.39 is 5.69 Å². The van der Waals surface area contributed by atoms with Crippen LogP contribution in [0.4, 0.5) is 0 Å². The maximum Gasteiger partial charge on any atom is 0.347 e. The third-order valence-electron chi connectivity index (χ3n) is 0.961. The lowest BCUT2D eigenvalue weighted by Gasteiger charge is -1.98. The second-order valence-electron chi connectivity index (χ2n) is 1.61. The van der Waals surface area contributed by atoms with Gasteiger partial charge in [-0.25, -0.2) is 4.79 Å². The molecule has 0 atom stereocenters. The van der Waals surface area contributed by atoms with E-state index >= 15 is 0 Å². The Bertz CT molecular complexity index is 280. The molecule has 0 spiro atoms. The standard InChI is InChI=1S/C5H6N2O3/c1-10-4-3(8)2-6-5(9)7-4/h2,8H,1H3,(H,6,7,9). The van der Waals surface area contributed by atoms with E-state index in [9.17, 15) is 4.79 Å². The first kappa shape index (κ1) is 6.60. The van der Waals surface area contributed by atoms with Crippen molar-refractivity contribution >= 4 is 0 Å². The predicted molar refractivity (Wildman–Crippen MR) is 33.1 cm³/mol. The number of H-pyrrole nitrogens is 1. The minimum absolute atomic E-state index is 0.0278. The lowest BCUT2D eigenvalue weighted by Crippen LogP contribution is -2.09. The molecule has 0 unspecified atom stereocenters. The van der Waals surface area contributed by atoms with Crippen LogP contribution in [0.15, 0.2) is 11.0 Å². The van der Waals surface area contributed by atoms with E-state index in [1.807, 2.05) is 0 Å². The molecule has 0 aliphatic carbocycles. The van der Waals surface area contributed by atoms with E-state index in [1.165, 1.54) is 7.11 Å². The lowest BCUT2D eigenvalue weighted by atomic mass is 10.6. The average Bonchev–Trinajstić information content (AvgIpc) is 1.94. The number of hydrogen-bond acceptors (Lipinski definition) is 4. The van der Waals surface area contributed by atoms with Crippen LogP contribution in [0.2, 0.25) is 0 Å². The van der Waals surface area contributed by atoms with Crippen LogP contribution in [-0.2, 0) is 0 Å². The number of aromatic hydroxyl groups is 1. The van der Waals surface area contributed by atoms with Crippen molar-refractivity contribution in [2.45, 2.75) is 0 Å². The van der Waals surface area contributed by atoms with Gasteiger partial charge in [-0.2, -0.15) is 4.98 Å². The van der Waals surface area contributed by atoms with Gasteiger partial charge in [-0.15, -0.1) is 0 Å². The van der Waals surface area contributed by atoms with Crippen LogP contribution < -0.4 is 10.4 Å². The Hall–Kier alpha value is -1.52. The van der Waals surface area contributed by atoms with Gasteiger partial charge in [0.2, 0.25) is 5.88 Å². The number of aromatic amines is 1. The van der Waals surface area contributed by atoms with E-state index in [2.05, 4.69) is 14.7 Å². The zero-order valence-corrected chi connectivity index (χ0v) is 5.29. The molecule has 1 heterocycles. The van der Waals surface area contributed by atoms with E-state index in [1.54, 1.807) is 0 Å². The van der Waals surface area contributed by atoms with Gasteiger partial charge in [0.05, 0.1) is 13.3 Å². The Morgan fingerprint density at radius 1 is 1.80 bits per heavy atom. The number of methoxy groups -OCH3 is 1. The van der Waals surface area contributed by atoms with Crippen molar-refractivity contribution in [1.29, 1.82) is 0 Å². The number of ether oxygens (including phenoxy) is 1. The molecule has 0 saturated heterocycles. The van der Waals surface area contributed by atoms with Gasteiger partial charge in [-0.3, -0.25) is 4.98 Å². The summed E-state index contributed by atoms with van der Waals surface area (Å²) in [5.74, 6) is -0.151. The highest BCUT2D eigenvalue weighted by molar-refractivity contribution is 5.26. The molecule has 1 aromatic rings. The normalized spacial score (nSPS) is 9.30. The Morgan fingerprint density at radius 2 is 2.50 bits per heavy atom. The van der Waals surface area contributed by atoms with Crippen molar-refractivity contribution in [1.82, 2.24) is 9.97 Å². The highest BCUT2D eigenvalue weighted by atomic mass is 16.5. The second-order valence-corrected chi connectivity index (χ2v) is 1.61. The van der Waals surface area contributed by atoms with Crippen molar-refractivity contribution in [2.75, 3.05) is 7.11 Å². The van der Waals surface area contributed by atoms with Gasteiger partial charge in [0.25, 0.3) is 0 Å². The Balaban J connectivity index is 3.22. The van der Waals surface area contributed by atoms with Crippen molar-refractivity contribution in [3.8, 4) is 11.6 Å². The molecule has 1 aromatic heterocycles. The van der Waals surface area contributed by atoms with E-state index in [0.717, 1.165) is 6.20 Å². The smallest absolute Gasteiger partial charge is 0.347 e. The summed E-state index contributed by atoms with van der Waals surface area (Å²) >= 11 is 0. The molecule has 0 fully saturated rings. The maximum atomic E-state index is 10.4. The van der Waals surface area contributed by atoms with E-state index in [-0.39, 0.29) is 11.6 Å². The predicted octanol–water partition coefficient (Wildman–Crippen LogP) is -0.516. The highest BCUT2D eigenvalue weighted by Crippen LogP contribution is 2.16. The van der Waals surface area contributed by atoms with Crippen LogP contribution in [0.1, 0.15) is 0 Å². The zero-order chi connectivity index (χ0) is 7.56. The monoisotopic (exact) mass is 142 g/mol. The fraction of sp³-hybridized carbons (Fsp3) is 0.200. The van der Waals surface area contributed by atoms with Gasteiger partial charge in [0.1, 0.15) is 0 Å². The third kappa shape index (κ3) is 1.07. The molecule has 0 amide bonds. The minimum atomic E-state index is -0.547. The molecule has 0 bridgehead atoms. The van der Waals surface area contributed by atoms with Crippen molar-refractivity contribution in [3.63, 3.8) is 0 Å². The zero-order valence-electron chi connectivity index (χ0n) is 5.29. The van der Waals surface area contributed by atoms with Gasteiger partial charge in [-0.05, 0) is 0 Å². The van der Waals surface area contributed by atoms with Gasteiger partial charge >= 0.3 is 5.69 Å². The van der Waals surface area contributed by atoms with Crippen molar-refractivity contribution in [3.05, 3.63) is 16.7 Å². The summed E-state index contributed by atoms with van der Waals surface area (Å²) in [6, 6.07) is 0. The molecule has 2 N–H and O–H groups in total. The van der Waals surface area contributed by atoms with E-state index in [4.69, 9.17) is 5.11 Å². The molecule has 5 nitrogen and oxygen atoms in total. The molecule has 0 saturated carbocycles. The summed E-state index contributed by atoms with van der Waals surface area (Å²) in [7, 11) is 1.34. The van der Waals surface area contributed by atoms with Crippen LogP contribution >= 0.6 is 0 Å². The number of nitrogens with zero attached hydrogens (tertiary/aromatic N) is 1. The molecule has 10 heavy (non-hydrogen) atoms.